The van der Waals surface area contributed by atoms with Gasteiger partial charge in [-0.3, -0.25) is 19.2 Å². The average Bonchev–Trinajstić information content (AvgIpc) is 3.04. The number of carbonyl (C=O) groups excluding carboxylic acids is 4. The van der Waals surface area contributed by atoms with Crippen molar-refractivity contribution in [2.75, 3.05) is 0 Å². The molecule has 0 spiro atoms. The van der Waals surface area contributed by atoms with Crippen molar-refractivity contribution in [3.05, 3.63) is 108 Å². The molecule has 4 amide bonds. The number of hydrogen-bond donors (Lipinski definition) is 4. The van der Waals surface area contributed by atoms with E-state index >= 15 is 0 Å². The fourth-order valence-electron chi connectivity index (χ4n) is 5.58. The lowest BCUT2D eigenvalue weighted by atomic mass is 9.87. The fourth-order valence-corrected chi connectivity index (χ4v) is 5.58. The number of carbonyl (C=O) groups is 4. The zero-order valence-corrected chi connectivity index (χ0v) is 28.8. The van der Waals surface area contributed by atoms with Crippen LogP contribution in [0.4, 0.5) is 0 Å². The molecule has 3 rings (SSSR count). The van der Waals surface area contributed by atoms with Crippen LogP contribution < -0.4 is 16.8 Å². The largest absolute Gasteiger partial charge is 0.391 e. The Bertz CT molecular complexity index is 1470. The van der Waals surface area contributed by atoms with Crippen LogP contribution in [0.2, 0.25) is 0 Å². The number of benzene rings is 3. The van der Waals surface area contributed by atoms with Gasteiger partial charge in [0.1, 0.15) is 6.04 Å². The van der Waals surface area contributed by atoms with Crippen LogP contribution in [0.1, 0.15) is 64.2 Å². The number of nitrogens with zero attached hydrogens (tertiary/aromatic N) is 1. The monoisotopic (exact) mass is 656 g/mol. The van der Waals surface area contributed by atoms with Crippen LogP contribution in [0.5, 0.6) is 0 Å². The van der Waals surface area contributed by atoms with Crippen LogP contribution in [-0.4, -0.2) is 57.9 Å². The Kier molecular flexibility index (Phi) is 14.2. The average molecular weight is 657 g/mol. The number of aliphatic hydroxyl groups excluding tert-OH is 1. The molecule has 48 heavy (non-hydrogen) atoms. The van der Waals surface area contributed by atoms with E-state index in [-0.39, 0.29) is 25.2 Å². The van der Waals surface area contributed by atoms with Crippen molar-refractivity contribution in [2.24, 2.45) is 28.7 Å². The third-order valence-corrected chi connectivity index (χ3v) is 8.25. The van der Waals surface area contributed by atoms with E-state index in [1.54, 1.807) is 32.9 Å². The predicted molar refractivity (Wildman–Crippen MR) is 188 cm³/mol. The predicted octanol–water partition coefficient (Wildman–Crippen LogP) is 4.20. The standard InChI is InChI=1S/C39H52N4O5/c1-26(2)21-32(41)35(45)42-33(24-29-19-13-8-14-20-29)37(47)43(38(48)39(3,4)5)36(46)30(22-27-15-9-6-10-16-27)25-34(44)31(40)23-28-17-11-7-12-18-28/h6-20,26,30-34,44H,21-25,40-41H2,1-5H3,(H,42,45)/t30-,31+,32+,33+,34+/m1/s1. The van der Waals surface area contributed by atoms with Crippen LogP contribution in [0.25, 0.3) is 0 Å². The Morgan fingerprint density at radius 2 is 1.17 bits per heavy atom. The van der Waals surface area contributed by atoms with Gasteiger partial charge in [0, 0.05) is 23.8 Å². The first kappa shape index (κ1) is 38.3. The number of rotatable bonds is 15. The highest BCUT2D eigenvalue weighted by Gasteiger charge is 2.43. The summed E-state index contributed by atoms with van der Waals surface area (Å²) in [6.07, 6.45) is -0.238. The topological polar surface area (TPSA) is 156 Å². The van der Waals surface area contributed by atoms with E-state index in [1.807, 2.05) is 92.7 Å². The maximum Gasteiger partial charge on any atom is 0.258 e. The second-order valence-corrected chi connectivity index (χ2v) is 14.1. The summed E-state index contributed by atoms with van der Waals surface area (Å²) in [5.41, 5.74) is 14.0. The summed E-state index contributed by atoms with van der Waals surface area (Å²) in [6.45, 7) is 8.76. The molecule has 0 radical (unpaired) electrons. The summed E-state index contributed by atoms with van der Waals surface area (Å²) in [5.74, 6) is -3.71. The van der Waals surface area contributed by atoms with Crippen molar-refractivity contribution in [3.8, 4) is 0 Å². The summed E-state index contributed by atoms with van der Waals surface area (Å²) in [7, 11) is 0. The maximum absolute atomic E-state index is 14.6. The Morgan fingerprint density at radius 3 is 1.62 bits per heavy atom. The van der Waals surface area contributed by atoms with Crippen LogP contribution in [0, 0.1) is 17.3 Å². The Labute approximate surface area is 285 Å². The van der Waals surface area contributed by atoms with Gasteiger partial charge in [-0.05, 0) is 48.3 Å². The molecule has 9 nitrogen and oxygen atoms in total. The van der Waals surface area contributed by atoms with Crippen LogP contribution in [0.3, 0.4) is 0 Å². The molecule has 5 atom stereocenters. The summed E-state index contributed by atoms with van der Waals surface area (Å²) in [5, 5.41) is 14.1. The lowest BCUT2D eigenvalue weighted by Crippen LogP contribution is -2.59. The zero-order valence-electron chi connectivity index (χ0n) is 28.8. The number of nitrogens with one attached hydrogen (secondary N) is 1. The normalized spacial score (nSPS) is 14.8. The van der Waals surface area contributed by atoms with Gasteiger partial charge in [0.2, 0.25) is 17.7 Å². The van der Waals surface area contributed by atoms with Crippen LogP contribution in [-0.2, 0) is 38.4 Å². The zero-order chi connectivity index (χ0) is 35.4. The number of hydrogen-bond acceptors (Lipinski definition) is 7. The number of amides is 4. The first-order chi connectivity index (χ1) is 22.7. The van der Waals surface area contributed by atoms with Crippen molar-refractivity contribution in [1.82, 2.24) is 10.2 Å². The minimum Gasteiger partial charge on any atom is -0.391 e. The minimum atomic E-state index is -1.25. The van der Waals surface area contributed by atoms with E-state index in [0.29, 0.717) is 17.7 Å². The molecule has 0 saturated carbocycles. The van der Waals surface area contributed by atoms with E-state index in [9.17, 15) is 24.3 Å². The van der Waals surface area contributed by atoms with E-state index < -0.39 is 59.2 Å². The molecule has 0 heterocycles. The lowest BCUT2D eigenvalue weighted by molar-refractivity contribution is -0.162. The van der Waals surface area contributed by atoms with Gasteiger partial charge in [-0.25, -0.2) is 4.90 Å². The van der Waals surface area contributed by atoms with Gasteiger partial charge >= 0.3 is 0 Å². The molecule has 3 aromatic carbocycles. The molecule has 0 fully saturated rings. The smallest absolute Gasteiger partial charge is 0.258 e. The number of nitrogens with two attached hydrogens (primary N) is 2. The van der Waals surface area contributed by atoms with E-state index in [4.69, 9.17) is 11.5 Å². The molecule has 0 bridgehead atoms. The Morgan fingerprint density at radius 1 is 0.708 bits per heavy atom. The van der Waals surface area contributed by atoms with E-state index in [0.717, 1.165) is 16.7 Å². The van der Waals surface area contributed by atoms with Crippen molar-refractivity contribution >= 4 is 23.6 Å². The van der Waals surface area contributed by atoms with Crippen LogP contribution in [0.15, 0.2) is 91.0 Å². The molecule has 0 unspecified atom stereocenters. The second kappa shape index (κ2) is 17.8. The molecule has 0 aliphatic heterocycles. The molecule has 0 aliphatic rings. The van der Waals surface area contributed by atoms with Gasteiger partial charge in [-0.2, -0.15) is 0 Å². The van der Waals surface area contributed by atoms with E-state index in [2.05, 4.69) is 5.32 Å². The first-order valence-corrected chi connectivity index (χ1v) is 16.7. The Hall–Kier alpha value is -4.18. The van der Waals surface area contributed by atoms with Crippen molar-refractivity contribution in [2.45, 2.75) is 91.0 Å². The molecule has 258 valence electrons. The molecule has 0 saturated heterocycles. The van der Waals surface area contributed by atoms with Crippen molar-refractivity contribution < 1.29 is 24.3 Å². The quantitative estimate of drug-likeness (QED) is 0.191. The van der Waals surface area contributed by atoms with E-state index in [1.165, 1.54) is 0 Å². The highest BCUT2D eigenvalue weighted by Crippen LogP contribution is 2.25. The van der Waals surface area contributed by atoms with Gasteiger partial charge in [0.25, 0.3) is 5.91 Å². The molecular formula is C39H52N4O5. The van der Waals surface area contributed by atoms with Crippen molar-refractivity contribution in [1.29, 1.82) is 0 Å². The van der Waals surface area contributed by atoms with Gasteiger partial charge < -0.3 is 21.9 Å². The molecule has 9 heteroatoms. The lowest BCUT2D eigenvalue weighted by Gasteiger charge is -2.33. The number of aliphatic hydroxyl groups is 1. The Balaban J connectivity index is 2.02. The summed E-state index contributed by atoms with van der Waals surface area (Å²) in [6, 6.07) is 24.9. The molecule has 0 aliphatic carbocycles. The molecule has 3 aromatic rings. The van der Waals surface area contributed by atoms with Gasteiger partial charge in [-0.15, -0.1) is 0 Å². The minimum absolute atomic E-state index is 0.0366. The van der Waals surface area contributed by atoms with Crippen molar-refractivity contribution in [3.63, 3.8) is 0 Å². The summed E-state index contributed by atoms with van der Waals surface area (Å²) in [4.78, 5) is 57.1. The molecular weight excluding hydrogens is 604 g/mol. The first-order valence-electron chi connectivity index (χ1n) is 16.7. The SMILES string of the molecule is CC(C)C[C@H](N)C(=O)N[C@@H](Cc1ccccc1)C(=O)N(C(=O)[C@H](Cc1ccccc1)C[C@H](O)[C@@H](N)Cc1ccccc1)C(=O)C(C)(C)C. The number of imide groups is 3. The third kappa shape index (κ3) is 11.5. The van der Waals surface area contributed by atoms with Gasteiger partial charge in [0.15, 0.2) is 0 Å². The summed E-state index contributed by atoms with van der Waals surface area (Å²) >= 11 is 0. The van der Waals surface area contributed by atoms with Crippen LogP contribution >= 0.6 is 0 Å². The van der Waals surface area contributed by atoms with Gasteiger partial charge in [0.05, 0.1) is 12.1 Å². The highest BCUT2D eigenvalue weighted by molar-refractivity contribution is 6.14. The van der Waals surface area contributed by atoms with Gasteiger partial charge in [-0.1, -0.05) is 126 Å². The summed E-state index contributed by atoms with van der Waals surface area (Å²) < 4.78 is 0. The molecule has 6 N–H and O–H groups in total. The maximum atomic E-state index is 14.6. The highest BCUT2D eigenvalue weighted by atomic mass is 16.3. The molecule has 0 aromatic heterocycles. The fraction of sp³-hybridized carbons (Fsp3) is 0.436. The second-order valence-electron chi connectivity index (χ2n) is 14.1. The third-order valence-electron chi connectivity index (χ3n) is 8.25.